The van der Waals surface area contributed by atoms with Gasteiger partial charge in [0.1, 0.15) is 0 Å². The predicted molar refractivity (Wildman–Crippen MR) is 91.3 cm³/mol. The van der Waals surface area contributed by atoms with Crippen LogP contribution in [0.15, 0.2) is 24.3 Å². The zero-order valence-corrected chi connectivity index (χ0v) is 14.1. The van der Waals surface area contributed by atoms with Gasteiger partial charge in [-0.3, -0.25) is 0 Å². The first-order chi connectivity index (χ1) is 10.2. The van der Waals surface area contributed by atoms with Gasteiger partial charge in [-0.25, -0.2) is 0 Å². The molecule has 1 aliphatic carbocycles. The summed E-state index contributed by atoms with van der Waals surface area (Å²) in [5.41, 5.74) is 2.91. The van der Waals surface area contributed by atoms with Crippen LogP contribution in [0.25, 0.3) is 0 Å². The van der Waals surface area contributed by atoms with Crippen molar-refractivity contribution >= 4 is 0 Å². The van der Waals surface area contributed by atoms with Crippen LogP contribution in [0, 0.1) is 5.92 Å². The zero-order valence-electron chi connectivity index (χ0n) is 14.1. The second kappa shape index (κ2) is 8.55. The van der Waals surface area contributed by atoms with E-state index < -0.39 is 0 Å². The van der Waals surface area contributed by atoms with Gasteiger partial charge in [-0.2, -0.15) is 0 Å². The van der Waals surface area contributed by atoms with Crippen LogP contribution >= 0.6 is 0 Å². The molecular weight excluding hydrogens is 256 g/mol. The molecule has 0 aliphatic heterocycles. The van der Waals surface area contributed by atoms with Gasteiger partial charge in [0.15, 0.2) is 0 Å². The van der Waals surface area contributed by atoms with Gasteiger partial charge in [-0.05, 0) is 56.8 Å². The van der Waals surface area contributed by atoms with Crippen LogP contribution in [0.2, 0.25) is 0 Å². The Kier molecular flexibility index (Phi) is 6.72. The average molecular weight is 288 g/mol. The fourth-order valence-corrected chi connectivity index (χ4v) is 3.54. The second-order valence-electron chi connectivity index (χ2n) is 6.89. The molecule has 0 amide bonds. The molecular formula is C19H32N2. The van der Waals surface area contributed by atoms with E-state index >= 15 is 0 Å². The topological polar surface area (TPSA) is 15.3 Å². The minimum Gasteiger partial charge on any atom is -0.310 e. The minimum atomic E-state index is 0.727. The van der Waals surface area contributed by atoms with Crippen LogP contribution in [-0.4, -0.2) is 25.0 Å². The highest BCUT2D eigenvalue weighted by atomic mass is 15.0. The number of hydrogen-bond acceptors (Lipinski definition) is 2. The molecule has 1 aromatic carbocycles. The van der Waals surface area contributed by atoms with Gasteiger partial charge in [0.2, 0.25) is 0 Å². The summed E-state index contributed by atoms with van der Waals surface area (Å²) in [6, 6.07) is 9.57. The highest BCUT2D eigenvalue weighted by molar-refractivity contribution is 5.27. The summed E-state index contributed by atoms with van der Waals surface area (Å²) in [5, 5.41) is 3.80. The first kappa shape index (κ1) is 16.5. The van der Waals surface area contributed by atoms with E-state index in [0.717, 1.165) is 25.0 Å². The molecule has 0 spiro atoms. The third-order valence-electron chi connectivity index (χ3n) is 4.73. The van der Waals surface area contributed by atoms with Crippen LogP contribution < -0.4 is 5.32 Å². The van der Waals surface area contributed by atoms with E-state index in [-0.39, 0.29) is 0 Å². The summed E-state index contributed by atoms with van der Waals surface area (Å²) >= 11 is 0. The van der Waals surface area contributed by atoms with Crippen LogP contribution in [0.5, 0.6) is 0 Å². The predicted octanol–water partition coefficient (Wildman–Crippen LogP) is 4.20. The quantitative estimate of drug-likeness (QED) is 0.809. The van der Waals surface area contributed by atoms with E-state index in [4.69, 9.17) is 0 Å². The molecule has 2 heteroatoms. The Balaban J connectivity index is 1.81. The molecule has 2 nitrogen and oxygen atoms in total. The summed E-state index contributed by atoms with van der Waals surface area (Å²) < 4.78 is 0. The van der Waals surface area contributed by atoms with Crippen LogP contribution in [-0.2, 0) is 13.1 Å². The molecule has 1 saturated carbocycles. The normalized spacial score (nSPS) is 22.7. The third-order valence-corrected chi connectivity index (χ3v) is 4.73. The molecule has 2 rings (SSSR count). The van der Waals surface area contributed by atoms with Crippen molar-refractivity contribution in [3.63, 3.8) is 0 Å². The van der Waals surface area contributed by atoms with Crippen LogP contribution in [0.1, 0.15) is 56.6 Å². The maximum atomic E-state index is 3.80. The number of benzene rings is 1. The van der Waals surface area contributed by atoms with E-state index in [9.17, 15) is 0 Å². The van der Waals surface area contributed by atoms with Crippen molar-refractivity contribution in [3.8, 4) is 0 Å². The molecule has 118 valence electrons. The minimum absolute atomic E-state index is 0.727. The van der Waals surface area contributed by atoms with E-state index in [1.165, 1.54) is 49.7 Å². The Hall–Kier alpha value is -0.860. The lowest BCUT2D eigenvalue weighted by molar-refractivity contribution is 0.277. The summed E-state index contributed by atoms with van der Waals surface area (Å²) in [7, 11) is 4.28. The number of rotatable bonds is 7. The number of nitrogens with one attached hydrogen (secondary N) is 1. The van der Waals surface area contributed by atoms with E-state index in [1.807, 2.05) is 0 Å². The van der Waals surface area contributed by atoms with Crippen molar-refractivity contribution in [2.45, 2.75) is 64.6 Å². The van der Waals surface area contributed by atoms with E-state index in [0.29, 0.717) is 0 Å². The molecule has 0 unspecified atom stereocenters. The molecule has 0 bridgehead atoms. The molecule has 0 heterocycles. The van der Waals surface area contributed by atoms with Gasteiger partial charge in [-0.15, -0.1) is 0 Å². The lowest BCUT2D eigenvalue weighted by Crippen LogP contribution is -2.33. The Morgan fingerprint density at radius 3 is 2.33 bits per heavy atom. The molecule has 0 aromatic heterocycles. The molecule has 0 radical (unpaired) electrons. The Labute approximate surface area is 130 Å². The smallest absolute Gasteiger partial charge is 0.0230 e. The molecule has 1 aliphatic rings. The van der Waals surface area contributed by atoms with Crippen molar-refractivity contribution in [2.75, 3.05) is 14.1 Å². The maximum Gasteiger partial charge on any atom is 0.0230 e. The van der Waals surface area contributed by atoms with Crippen LogP contribution in [0.4, 0.5) is 0 Å². The van der Waals surface area contributed by atoms with Gasteiger partial charge in [-0.1, -0.05) is 44.0 Å². The fourth-order valence-electron chi connectivity index (χ4n) is 3.54. The van der Waals surface area contributed by atoms with Gasteiger partial charge >= 0.3 is 0 Å². The lowest BCUT2D eigenvalue weighted by Gasteiger charge is -2.29. The average Bonchev–Trinajstić information content (AvgIpc) is 2.48. The zero-order chi connectivity index (χ0) is 15.1. The van der Waals surface area contributed by atoms with Gasteiger partial charge in [0.05, 0.1) is 0 Å². The van der Waals surface area contributed by atoms with Crippen molar-refractivity contribution in [3.05, 3.63) is 35.4 Å². The Morgan fingerprint density at radius 2 is 1.71 bits per heavy atom. The molecule has 21 heavy (non-hydrogen) atoms. The SMILES string of the molecule is CCCC1CCC(NCc2ccccc2CN(C)C)CC1. The maximum absolute atomic E-state index is 3.80. The molecule has 1 fully saturated rings. The second-order valence-corrected chi connectivity index (χ2v) is 6.89. The van der Waals surface area contributed by atoms with E-state index in [2.05, 4.69) is 55.5 Å². The van der Waals surface area contributed by atoms with Crippen molar-refractivity contribution in [1.29, 1.82) is 0 Å². The van der Waals surface area contributed by atoms with Gasteiger partial charge in [0, 0.05) is 19.1 Å². The fraction of sp³-hybridized carbons (Fsp3) is 0.684. The summed E-state index contributed by atoms with van der Waals surface area (Å²) in [5.74, 6) is 0.995. The largest absolute Gasteiger partial charge is 0.310 e. The first-order valence-corrected chi connectivity index (χ1v) is 8.64. The van der Waals surface area contributed by atoms with Crippen molar-refractivity contribution in [1.82, 2.24) is 10.2 Å². The summed E-state index contributed by atoms with van der Waals surface area (Å²) in [4.78, 5) is 2.24. The monoisotopic (exact) mass is 288 g/mol. The highest BCUT2D eigenvalue weighted by Crippen LogP contribution is 2.28. The molecule has 1 aromatic rings. The molecule has 1 N–H and O–H groups in total. The summed E-state index contributed by atoms with van der Waals surface area (Å²) in [6.45, 7) is 4.36. The molecule has 0 atom stereocenters. The van der Waals surface area contributed by atoms with E-state index in [1.54, 1.807) is 0 Å². The first-order valence-electron chi connectivity index (χ1n) is 8.64. The Bertz CT molecular complexity index is 406. The number of hydrogen-bond donors (Lipinski definition) is 1. The lowest BCUT2D eigenvalue weighted by atomic mass is 9.83. The van der Waals surface area contributed by atoms with Crippen LogP contribution in [0.3, 0.4) is 0 Å². The molecule has 0 saturated heterocycles. The number of nitrogens with zero attached hydrogens (tertiary/aromatic N) is 1. The van der Waals surface area contributed by atoms with Crippen molar-refractivity contribution < 1.29 is 0 Å². The third kappa shape index (κ3) is 5.44. The van der Waals surface area contributed by atoms with Gasteiger partial charge in [0.25, 0.3) is 0 Å². The van der Waals surface area contributed by atoms with Crippen molar-refractivity contribution in [2.24, 2.45) is 5.92 Å². The van der Waals surface area contributed by atoms with Gasteiger partial charge < -0.3 is 10.2 Å². The summed E-state index contributed by atoms with van der Waals surface area (Å²) in [6.07, 6.45) is 8.34. The highest BCUT2D eigenvalue weighted by Gasteiger charge is 2.20. The Morgan fingerprint density at radius 1 is 1.05 bits per heavy atom. The standard InChI is InChI=1S/C19H32N2/c1-4-7-16-10-12-19(13-11-16)20-14-17-8-5-6-9-18(17)15-21(2)3/h5-6,8-9,16,19-20H,4,7,10-15H2,1-3H3.